The Bertz CT molecular complexity index is 910. The minimum absolute atomic E-state index is 0.0477. The van der Waals surface area contributed by atoms with E-state index in [-0.39, 0.29) is 31.3 Å². The average Bonchev–Trinajstić information content (AvgIpc) is 2.92. The first-order valence-electron chi connectivity index (χ1n) is 15.1. The minimum atomic E-state index is -2.05. The van der Waals surface area contributed by atoms with E-state index in [1.807, 2.05) is 13.8 Å². The van der Waals surface area contributed by atoms with E-state index in [4.69, 9.17) is 24.7 Å². The minimum Gasteiger partial charge on any atom is -0.393 e. The van der Waals surface area contributed by atoms with Crippen LogP contribution in [0.3, 0.4) is 0 Å². The molecule has 0 radical (unpaired) electrons. The van der Waals surface area contributed by atoms with Gasteiger partial charge in [-0.05, 0) is 18.8 Å². The summed E-state index contributed by atoms with van der Waals surface area (Å²) < 4.78 is 22.5. The molecule has 1 amide bonds. The fourth-order valence-electron chi connectivity index (χ4n) is 5.25. The van der Waals surface area contributed by atoms with Gasteiger partial charge in [0.15, 0.2) is 18.3 Å². The third-order valence-electron chi connectivity index (χ3n) is 8.04. The molecule has 2 fully saturated rings. The van der Waals surface area contributed by atoms with Crippen LogP contribution in [0, 0.1) is 17.8 Å². The summed E-state index contributed by atoms with van der Waals surface area (Å²) in [6, 6.07) is -1.08. The number of nitrogens with one attached hydrogen (secondary N) is 1. The largest absolute Gasteiger partial charge is 0.393 e. The monoisotopic (exact) mass is 638 g/mol. The maximum absolute atomic E-state index is 13.4. The van der Waals surface area contributed by atoms with Crippen molar-refractivity contribution < 1.29 is 64.6 Å². The van der Waals surface area contributed by atoms with Gasteiger partial charge in [-0.2, -0.15) is 0 Å². The number of methoxy groups -OCH3 is 1. The van der Waals surface area contributed by atoms with Crippen LogP contribution in [-0.2, 0) is 23.7 Å². The van der Waals surface area contributed by atoms with E-state index in [0.29, 0.717) is 0 Å². The zero-order valence-electron chi connectivity index (χ0n) is 26.3. The van der Waals surface area contributed by atoms with Crippen LogP contribution < -0.4 is 11.1 Å². The summed E-state index contributed by atoms with van der Waals surface area (Å²) in [5, 5.41) is 86.6. The number of amides is 1. The van der Waals surface area contributed by atoms with Gasteiger partial charge in [-0.15, -0.1) is 0 Å². The summed E-state index contributed by atoms with van der Waals surface area (Å²) >= 11 is 0. The predicted molar refractivity (Wildman–Crippen MR) is 155 cm³/mol. The number of carbonyl (C=O) groups excluding carboxylic acids is 1. The van der Waals surface area contributed by atoms with Crippen molar-refractivity contribution in [2.24, 2.45) is 23.5 Å². The van der Waals surface area contributed by atoms with Crippen LogP contribution in [0.2, 0.25) is 0 Å². The Kier molecular flexibility index (Phi) is 15.0. The van der Waals surface area contributed by atoms with Gasteiger partial charge in [0, 0.05) is 26.4 Å². The molecule has 15 heteroatoms. The van der Waals surface area contributed by atoms with E-state index in [1.54, 1.807) is 32.9 Å². The van der Waals surface area contributed by atoms with Crippen LogP contribution in [-0.4, -0.2) is 140 Å². The lowest BCUT2D eigenvalue weighted by Crippen LogP contribution is -2.62. The maximum Gasteiger partial charge on any atom is 0.230 e. The molecule has 14 atom stereocenters. The third kappa shape index (κ3) is 10.6. The number of carbonyl (C=O) groups is 1. The molecule has 258 valence electrons. The first kappa shape index (κ1) is 38.9. The molecule has 2 rings (SSSR count). The Morgan fingerprint density at radius 1 is 1.07 bits per heavy atom. The van der Waals surface area contributed by atoms with E-state index < -0.39 is 97.5 Å². The quantitative estimate of drug-likeness (QED) is 0.0654. The van der Waals surface area contributed by atoms with Crippen LogP contribution in [0.15, 0.2) is 12.2 Å². The van der Waals surface area contributed by atoms with Crippen molar-refractivity contribution in [1.82, 2.24) is 5.32 Å². The molecule has 0 aromatic heterocycles. The van der Waals surface area contributed by atoms with Gasteiger partial charge >= 0.3 is 0 Å². The number of hydrogen-bond donors (Lipinski definition) is 10. The molecule has 0 spiro atoms. The highest BCUT2D eigenvalue weighted by Gasteiger charge is 2.51. The summed E-state index contributed by atoms with van der Waals surface area (Å²) in [7, 11) is 1.28. The smallest absolute Gasteiger partial charge is 0.230 e. The van der Waals surface area contributed by atoms with E-state index in [1.165, 1.54) is 7.11 Å². The maximum atomic E-state index is 13.4. The summed E-state index contributed by atoms with van der Waals surface area (Å²) in [6.45, 7) is 8.53. The average molecular weight is 639 g/mol. The van der Waals surface area contributed by atoms with Gasteiger partial charge in [-0.25, -0.2) is 0 Å². The standard InChI is InChI=1S/C29H54N2O13/c1-13(2)7-8-16(43-28-25(37)22(30)23(35)15(5)42-28)9-20-21(26(38)31-27(39)24(36)19(34)12-41-6)18(33)11-29(40,44-20)10-17(32)14(3)4/h7-8,13-25,27-28,32-37,39-40H,9-12,30H2,1-6H3,(H,31,38)/b8-7+/t15?,16-,17+,18-,19?,20-,21+,22?,23?,24?,25?,27?,28?,29+/m0/s1. The van der Waals surface area contributed by atoms with E-state index >= 15 is 0 Å². The lowest BCUT2D eigenvalue weighted by Gasteiger charge is -2.46. The molecule has 0 saturated carbocycles. The lowest BCUT2D eigenvalue weighted by atomic mass is 9.81. The van der Waals surface area contributed by atoms with Crippen molar-refractivity contribution >= 4 is 5.91 Å². The Hall–Kier alpha value is -1.31. The molecule has 0 aromatic rings. The summed E-state index contributed by atoms with van der Waals surface area (Å²) in [5.41, 5.74) is 5.97. The molecule has 44 heavy (non-hydrogen) atoms. The van der Waals surface area contributed by atoms with Gasteiger partial charge in [-0.1, -0.05) is 39.8 Å². The molecule has 2 heterocycles. The van der Waals surface area contributed by atoms with E-state index in [2.05, 4.69) is 5.32 Å². The van der Waals surface area contributed by atoms with Crippen molar-refractivity contribution in [2.75, 3.05) is 13.7 Å². The van der Waals surface area contributed by atoms with Crippen molar-refractivity contribution in [3.05, 3.63) is 12.2 Å². The Labute approximate surface area is 258 Å². The molecule has 0 aliphatic carbocycles. The van der Waals surface area contributed by atoms with Crippen LogP contribution in [0.5, 0.6) is 0 Å². The first-order chi connectivity index (χ1) is 20.4. The van der Waals surface area contributed by atoms with Crippen molar-refractivity contribution in [3.63, 3.8) is 0 Å². The molecule has 11 N–H and O–H groups in total. The molecule has 2 aliphatic rings. The Morgan fingerprint density at radius 3 is 2.27 bits per heavy atom. The number of aliphatic hydroxyl groups is 8. The highest BCUT2D eigenvalue weighted by molar-refractivity contribution is 5.80. The number of nitrogens with two attached hydrogens (primary N) is 1. The predicted octanol–water partition coefficient (Wildman–Crippen LogP) is -2.57. The molecule has 0 bridgehead atoms. The van der Waals surface area contributed by atoms with Crippen molar-refractivity contribution in [3.8, 4) is 0 Å². The Balaban J connectivity index is 2.40. The van der Waals surface area contributed by atoms with Crippen molar-refractivity contribution in [1.29, 1.82) is 0 Å². The van der Waals surface area contributed by atoms with E-state index in [0.717, 1.165) is 0 Å². The number of rotatable bonds is 15. The number of hydrogen-bond acceptors (Lipinski definition) is 14. The summed E-state index contributed by atoms with van der Waals surface area (Å²) in [4.78, 5) is 13.4. The lowest BCUT2D eigenvalue weighted by molar-refractivity contribution is -0.307. The number of aliphatic hydroxyl groups excluding tert-OH is 7. The number of allylic oxidation sites excluding steroid dienone is 1. The fraction of sp³-hybridized carbons (Fsp3) is 0.897. The molecule has 15 nitrogen and oxygen atoms in total. The van der Waals surface area contributed by atoms with E-state index in [9.17, 15) is 45.6 Å². The second kappa shape index (κ2) is 17.0. The van der Waals surface area contributed by atoms with Gasteiger partial charge in [0.05, 0.1) is 55.2 Å². The highest BCUT2D eigenvalue weighted by atomic mass is 16.7. The Morgan fingerprint density at radius 2 is 1.70 bits per heavy atom. The van der Waals surface area contributed by atoms with Crippen LogP contribution in [0.25, 0.3) is 0 Å². The van der Waals surface area contributed by atoms with Gasteiger partial charge in [0.1, 0.15) is 18.3 Å². The molecular weight excluding hydrogens is 584 g/mol. The second-order valence-corrected chi connectivity index (χ2v) is 12.7. The molecule has 8 unspecified atom stereocenters. The zero-order chi connectivity index (χ0) is 33.5. The molecule has 0 aromatic carbocycles. The van der Waals surface area contributed by atoms with Crippen LogP contribution >= 0.6 is 0 Å². The van der Waals surface area contributed by atoms with Gasteiger partial charge in [-0.3, -0.25) is 4.79 Å². The first-order valence-corrected chi connectivity index (χ1v) is 15.1. The summed E-state index contributed by atoms with van der Waals surface area (Å²) in [6.07, 6.45) is -12.2. The molecular formula is C29H54N2O13. The van der Waals surface area contributed by atoms with Gasteiger partial charge in [0.2, 0.25) is 5.91 Å². The normalized spacial score (nSPS) is 36.8. The molecule has 2 saturated heterocycles. The van der Waals surface area contributed by atoms with Gasteiger partial charge in [0.25, 0.3) is 0 Å². The third-order valence-corrected chi connectivity index (χ3v) is 8.04. The van der Waals surface area contributed by atoms with Crippen LogP contribution in [0.4, 0.5) is 0 Å². The zero-order valence-corrected chi connectivity index (χ0v) is 26.3. The highest BCUT2D eigenvalue weighted by Crippen LogP contribution is 2.38. The van der Waals surface area contributed by atoms with Crippen molar-refractivity contribution in [2.45, 2.75) is 133 Å². The topological polar surface area (TPSA) is 254 Å². The molecule has 2 aliphatic heterocycles. The summed E-state index contributed by atoms with van der Waals surface area (Å²) in [5.74, 6) is -4.64. The van der Waals surface area contributed by atoms with Gasteiger partial charge < -0.3 is 70.9 Å². The number of ether oxygens (including phenoxy) is 4. The second-order valence-electron chi connectivity index (χ2n) is 12.7. The SMILES string of the molecule is COCC(O)C(O)C(O)NC(=O)[C@H]1[C@H](C[C@H](/C=C/C(C)C)OC2OC(C)C(O)C(N)C2O)O[C@](O)(C[C@@H](O)C(C)C)C[C@@H]1O. The van der Waals surface area contributed by atoms with Crippen LogP contribution in [0.1, 0.15) is 53.9 Å². The fourth-order valence-corrected chi connectivity index (χ4v) is 5.25.